The SMILES string of the molecule is CC1CCCCC1OCCC#N. The van der Waals surface area contributed by atoms with Crippen molar-refractivity contribution in [2.24, 2.45) is 5.92 Å². The summed E-state index contributed by atoms with van der Waals surface area (Å²) in [5.74, 6) is 0.692. The summed E-state index contributed by atoms with van der Waals surface area (Å²) >= 11 is 0. The van der Waals surface area contributed by atoms with Crippen LogP contribution in [0.3, 0.4) is 0 Å². The van der Waals surface area contributed by atoms with Gasteiger partial charge in [0, 0.05) is 0 Å². The Kier molecular flexibility index (Phi) is 4.10. The van der Waals surface area contributed by atoms with Gasteiger partial charge in [-0.05, 0) is 18.8 Å². The van der Waals surface area contributed by atoms with Crippen LogP contribution in [-0.4, -0.2) is 12.7 Å². The first-order chi connectivity index (χ1) is 5.84. The summed E-state index contributed by atoms with van der Waals surface area (Å²) in [6.07, 6.45) is 6.07. The molecule has 12 heavy (non-hydrogen) atoms. The second kappa shape index (κ2) is 5.16. The van der Waals surface area contributed by atoms with Crippen molar-refractivity contribution in [1.29, 1.82) is 5.26 Å². The average molecular weight is 167 g/mol. The lowest BCUT2D eigenvalue weighted by molar-refractivity contribution is -0.00209. The quantitative estimate of drug-likeness (QED) is 0.605. The summed E-state index contributed by atoms with van der Waals surface area (Å²) < 4.78 is 5.61. The van der Waals surface area contributed by atoms with Crippen LogP contribution in [0.2, 0.25) is 0 Å². The maximum absolute atomic E-state index is 8.33. The predicted octanol–water partition coefficient (Wildman–Crippen LogP) is 2.50. The van der Waals surface area contributed by atoms with Gasteiger partial charge in [-0.2, -0.15) is 5.26 Å². The summed E-state index contributed by atoms with van der Waals surface area (Å²) in [6.45, 7) is 2.86. The molecule has 0 radical (unpaired) electrons. The van der Waals surface area contributed by atoms with Crippen LogP contribution in [0, 0.1) is 17.2 Å². The van der Waals surface area contributed by atoms with E-state index >= 15 is 0 Å². The molecule has 2 atom stereocenters. The van der Waals surface area contributed by atoms with Gasteiger partial charge in [0.05, 0.1) is 25.2 Å². The predicted molar refractivity (Wildman–Crippen MR) is 47.6 cm³/mol. The average Bonchev–Trinajstić information content (AvgIpc) is 2.09. The van der Waals surface area contributed by atoms with E-state index in [4.69, 9.17) is 10.00 Å². The first-order valence-corrected chi connectivity index (χ1v) is 4.83. The van der Waals surface area contributed by atoms with Crippen LogP contribution in [0.4, 0.5) is 0 Å². The number of hydrogen-bond acceptors (Lipinski definition) is 2. The Bertz CT molecular complexity index is 162. The minimum Gasteiger partial charge on any atom is -0.377 e. The zero-order valence-electron chi connectivity index (χ0n) is 7.75. The number of rotatable bonds is 3. The summed E-state index contributed by atoms with van der Waals surface area (Å²) in [5, 5.41) is 8.33. The fourth-order valence-electron chi connectivity index (χ4n) is 1.79. The molecule has 0 spiro atoms. The van der Waals surface area contributed by atoms with Crippen LogP contribution in [0.15, 0.2) is 0 Å². The lowest BCUT2D eigenvalue weighted by Crippen LogP contribution is -2.25. The van der Waals surface area contributed by atoms with Gasteiger partial charge in [-0.15, -0.1) is 0 Å². The second-order valence-electron chi connectivity index (χ2n) is 3.58. The highest BCUT2D eigenvalue weighted by molar-refractivity contribution is 4.74. The molecule has 0 N–H and O–H groups in total. The lowest BCUT2D eigenvalue weighted by atomic mass is 9.88. The van der Waals surface area contributed by atoms with E-state index in [-0.39, 0.29) is 0 Å². The van der Waals surface area contributed by atoms with Crippen LogP contribution in [-0.2, 0) is 4.74 Å². The second-order valence-corrected chi connectivity index (χ2v) is 3.58. The minimum absolute atomic E-state index is 0.423. The van der Waals surface area contributed by atoms with Crippen molar-refractivity contribution in [3.05, 3.63) is 0 Å². The van der Waals surface area contributed by atoms with Gasteiger partial charge in [0.25, 0.3) is 0 Å². The fraction of sp³-hybridized carbons (Fsp3) is 0.900. The number of nitriles is 1. The van der Waals surface area contributed by atoms with Gasteiger partial charge in [0.1, 0.15) is 0 Å². The van der Waals surface area contributed by atoms with Gasteiger partial charge in [-0.25, -0.2) is 0 Å². The molecule has 2 heteroatoms. The summed E-state index contributed by atoms with van der Waals surface area (Å²) in [7, 11) is 0. The Balaban J connectivity index is 2.16. The molecule has 0 aliphatic heterocycles. The van der Waals surface area contributed by atoms with Gasteiger partial charge in [-0.1, -0.05) is 19.8 Å². The molecular weight excluding hydrogens is 150 g/mol. The van der Waals surface area contributed by atoms with E-state index in [1.807, 2.05) is 0 Å². The molecule has 0 aromatic carbocycles. The zero-order chi connectivity index (χ0) is 8.81. The van der Waals surface area contributed by atoms with Crippen molar-refractivity contribution in [1.82, 2.24) is 0 Å². The molecular formula is C10H17NO. The Hall–Kier alpha value is -0.550. The molecule has 1 rings (SSSR count). The van der Waals surface area contributed by atoms with E-state index in [0.29, 0.717) is 25.0 Å². The molecule has 68 valence electrons. The molecule has 1 saturated carbocycles. The van der Waals surface area contributed by atoms with Crippen molar-refractivity contribution in [3.63, 3.8) is 0 Å². The standard InChI is InChI=1S/C10H17NO/c1-9-5-2-3-6-10(9)12-8-4-7-11/h9-10H,2-6,8H2,1H3. The molecule has 2 unspecified atom stereocenters. The Labute approximate surface area is 74.5 Å². The third kappa shape index (κ3) is 2.83. The fourth-order valence-corrected chi connectivity index (χ4v) is 1.79. The van der Waals surface area contributed by atoms with Crippen LogP contribution in [0.1, 0.15) is 39.0 Å². The molecule has 0 bridgehead atoms. The lowest BCUT2D eigenvalue weighted by Gasteiger charge is -2.28. The number of ether oxygens (including phenoxy) is 1. The monoisotopic (exact) mass is 167 g/mol. The highest BCUT2D eigenvalue weighted by Gasteiger charge is 2.21. The Morgan fingerprint density at radius 2 is 2.17 bits per heavy atom. The largest absolute Gasteiger partial charge is 0.377 e. The highest BCUT2D eigenvalue weighted by atomic mass is 16.5. The van der Waals surface area contributed by atoms with Crippen molar-refractivity contribution < 1.29 is 4.74 Å². The van der Waals surface area contributed by atoms with Crippen molar-refractivity contribution in [3.8, 4) is 6.07 Å². The number of hydrogen-bond donors (Lipinski definition) is 0. The zero-order valence-corrected chi connectivity index (χ0v) is 7.75. The normalized spacial score (nSPS) is 29.7. The van der Waals surface area contributed by atoms with Crippen LogP contribution in [0.5, 0.6) is 0 Å². The molecule has 0 aromatic rings. The molecule has 1 aliphatic carbocycles. The van der Waals surface area contributed by atoms with E-state index in [0.717, 1.165) is 0 Å². The maximum atomic E-state index is 8.33. The van der Waals surface area contributed by atoms with Crippen LogP contribution < -0.4 is 0 Å². The van der Waals surface area contributed by atoms with Gasteiger partial charge in [0.2, 0.25) is 0 Å². The highest BCUT2D eigenvalue weighted by Crippen LogP contribution is 2.26. The van der Waals surface area contributed by atoms with Crippen molar-refractivity contribution >= 4 is 0 Å². The van der Waals surface area contributed by atoms with Crippen molar-refractivity contribution in [2.45, 2.75) is 45.1 Å². The van der Waals surface area contributed by atoms with E-state index in [1.165, 1.54) is 25.7 Å². The van der Waals surface area contributed by atoms with Gasteiger partial charge in [-0.3, -0.25) is 0 Å². The molecule has 1 fully saturated rings. The smallest absolute Gasteiger partial charge is 0.0645 e. The topological polar surface area (TPSA) is 33.0 Å². The van der Waals surface area contributed by atoms with E-state index in [9.17, 15) is 0 Å². The minimum atomic E-state index is 0.423. The molecule has 0 aromatic heterocycles. The first kappa shape index (κ1) is 9.54. The summed E-state index contributed by atoms with van der Waals surface area (Å²) in [6, 6.07) is 2.10. The Morgan fingerprint density at radius 3 is 2.83 bits per heavy atom. The van der Waals surface area contributed by atoms with E-state index < -0.39 is 0 Å². The Morgan fingerprint density at radius 1 is 1.42 bits per heavy atom. The van der Waals surface area contributed by atoms with E-state index in [1.54, 1.807) is 0 Å². The summed E-state index contributed by atoms with van der Waals surface area (Å²) in [5.41, 5.74) is 0. The van der Waals surface area contributed by atoms with Crippen molar-refractivity contribution in [2.75, 3.05) is 6.61 Å². The molecule has 1 aliphatic rings. The van der Waals surface area contributed by atoms with Gasteiger partial charge in [0.15, 0.2) is 0 Å². The third-order valence-corrected chi connectivity index (χ3v) is 2.58. The maximum Gasteiger partial charge on any atom is 0.0645 e. The first-order valence-electron chi connectivity index (χ1n) is 4.83. The molecule has 0 saturated heterocycles. The van der Waals surface area contributed by atoms with E-state index in [2.05, 4.69) is 13.0 Å². The summed E-state index contributed by atoms with van der Waals surface area (Å²) in [4.78, 5) is 0. The number of nitrogens with zero attached hydrogens (tertiary/aromatic N) is 1. The van der Waals surface area contributed by atoms with Gasteiger partial charge >= 0.3 is 0 Å². The van der Waals surface area contributed by atoms with Crippen LogP contribution >= 0.6 is 0 Å². The van der Waals surface area contributed by atoms with Gasteiger partial charge < -0.3 is 4.74 Å². The molecule has 0 amide bonds. The third-order valence-electron chi connectivity index (χ3n) is 2.58. The molecule has 0 heterocycles. The molecule has 2 nitrogen and oxygen atoms in total. The van der Waals surface area contributed by atoms with Crippen LogP contribution in [0.25, 0.3) is 0 Å².